The molecule has 3 aromatic heterocycles. The standard InChI is InChI=1S/C17H14N4O4S2/c1-10-15(8-14(26-10)13-6-7-18-25-13)27(23,24)19-9-16-20-12-5-3-2-4-11(12)17(22)21-16/h2-8,19H,9H2,1H3,(H,20,21,22). The lowest BCUT2D eigenvalue weighted by atomic mass is 10.2. The fraction of sp³-hybridized carbons (Fsp3) is 0.118. The van der Waals surface area contributed by atoms with E-state index in [2.05, 4.69) is 19.8 Å². The van der Waals surface area contributed by atoms with Gasteiger partial charge in [-0.1, -0.05) is 17.3 Å². The summed E-state index contributed by atoms with van der Waals surface area (Å²) in [6, 6.07) is 10.1. The van der Waals surface area contributed by atoms with Crippen molar-refractivity contribution in [3.05, 3.63) is 63.7 Å². The van der Waals surface area contributed by atoms with E-state index >= 15 is 0 Å². The summed E-state index contributed by atoms with van der Waals surface area (Å²) >= 11 is 1.30. The van der Waals surface area contributed by atoms with Crippen molar-refractivity contribution < 1.29 is 12.9 Å². The molecule has 2 N–H and O–H groups in total. The van der Waals surface area contributed by atoms with Gasteiger partial charge in [-0.3, -0.25) is 4.79 Å². The molecule has 1 aromatic carbocycles. The van der Waals surface area contributed by atoms with Gasteiger partial charge in [0, 0.05) is 10.9 Å². The van der Waals surface area contributed by atoms with Crippen LogP contribution in [-0.2, 0) is 16.6 Å². The molecule has 0 aliphatic carbocycles. The van der Waals surface area contributed by atoms with Crippen molar-refractivity contribution in [1.29, 1.82) is 0 Å². The van der Waals surface area contributed by atoms with Gasteiger partial charge in [0.25, 0.3) is 5.56 Å². The topological polar surface area (TPSA) is 118 Å². The molecule has 0 saturated carbocycles. The van der Waals surface area contributed by atoms with Gasteiger partial charge in [0.05, 0.1) is 33.4 Å². The zero-order valence-corrected chi connectivity index (χ0v) is 15.7. The Balaban J connectivity index is 1.60. The molecule has 0 aliphatic rings. The molecule has 0 atom stereocenters. The molecule has 0 aliphatic heterocycles. The van der Waals surface area contributed by atoms with Crippen LogP contribution in [0.2, 0.25) is 0 Å². The van der Waals surface area contributed by atoms with Crippen LogP contribution in [0.25, 0.3) is 21.5 Å². The summed E-state index contributed by atoms with van der Waals surface area (Å²) < 4.78 is 32.9. The SMILES string of the molecule is Cc1sc(-c2ccno2)cc1S(=O)(=O)NCc1nc2ccccc2c(=O)[nH]1. The highest BCUT2D eigenvalue weighted by atomic mass is 32.2. The highest BCUT2D eigenvalue weighted by molar-refractivity contribution is 7.89. The Kier molecular flexibility index (Phi) is 4.38. The summed E-state index contributed by atoms with van der Waals surface area (Å²) in [7, 11) is -3.79. The van der Waals surface area contributed by atoms with Crippen molar-refractivity contribution in [2.75, 3.05) is 0 Å². The Morgan fingerprint density at radius 2 is 2.07 bits per heavy atom. The van der Waals surface area contributed by atoms with Crippen molar-refractivity contribution in [2.24, 2.45) is 0 Å². The number of aromatic amines is 1. The van der Waals surface area contributed by atoms with Crippen LogP contribution < -0.4 is 10.3 Å². The second-order valence-corrected chi connectivity index (χ2v) is 8.75. The minimum atomic E-state index is -3.79. The predicted molar refractivity (Wildman–Crippen MR) is 101 cm³/mol. The first-order chi connectivity index (χ1) is 12.9. The molecule has 0 radical (unpaired) electrons. The summed E-state index contributed by atoms with van der Waals surface area (Å²) in [5, 5.41) is 4.09. The molecular weight excluding hydrogens is 388 g/mol. The number of hydrogen-bond acceptors (Lipinski definition) is 7. The van der Waals surface area contributed by atoms with Gasteiger partial charge < -0.3 is 9.51 Å². The molecule has 0 fully saturated rings. The molecule has 27 heavy (non-hydrogen) atoms. The Morgan fingerprint density at radius 1 is 1.26 bits per heavy atom. The van der Waals surface area contributed by atoms with Crippen LogP contribution in [0.4, 0.5) is 0 Å². The van der Waals surface area contributed by atoms with E-state index in [1.54, 1.807) is 43.3 Å². The van der Waals surface area contributed by atoms with E-state index in [1.165, 1.54) is 17.5 Å². The number of benzene rings is 1. The number of aryl methyl sites for hydroxylation is 1. The highest BCUT2D eigenvalue weighted by Crippen LogP contribution is 2.33. The van der Waals surface area contributed by atoms with E-state index in [0.717, 1.165) is 0 Å². The average Bonchev–Trinajstić information content (AvgIpc) is 3.30. The summed E-state index contributed by atoms with van der Waals surface area (Å²) in [4.78, 5) is 20.4. The maximum absolute atomic E-state index is 12.7. The lowest BCUT2D eigenvalue weighted by Gasteiger charge is -2.06. The molecule has 0 unspecified atom stereocenters. The number of aromatic nitrogens is 3. The van der Waals surface area contributed by atoms with Crippen LogP contribution in [0.5, 0.6) is 0 Å². The maximum atomic E-state index is 12.7. The first-order valence-corrected chi connectivity index (χ1v) is 10.2. The van der Waals surface area contributed by atoms with Crippen LogP contribution >= 0.6 is 11.3 Å². The van der Waals surface area contributed by atoms with Gasteiger partial charge in [-0.2, -0.15) is 0 Å². The number of rotatable bonds is 5. The maximum Gasteiger partial charge on any atom is 0.258 e. The van der Waals surface area contributed by atoms with Crippen molar-refractivity contribution in [3.8, 4) is 10.6 Å². The molecule has 4 rings (SSSR count). The van der Waals surface area contributed by atoms with E-state index < -0.39 is 10.0 Å². The van der Waals surface area contributed by atoms with Gasteiger partial charge in [-0.25, -0.2) is 18.1 Å². The van der Waals surface area contributed by atoms with Crippen LogP contribution in [0.1, 0.15) is 10.7 Å². The third-order valence-electron chi connectivity index (χ3n) is 3.93. The quantitative estimate of drug-likeness (QED) is 0.529. The van der Waals surface area contributed by atoms with Gasteiger partial charge in [0.15, 0.2) is 5.76 Å². The van der Waals surface area contributed by atoms with Crippen molar-refractivity contribution in [2.45, 2.75) is 18.4 Å². The second-order valence-electron chi connectivity index (χ2n) is 5.76. The van der Waals surface area contributed by atoms with E-state index in [-0.39, 0.29) is 22.8 Å². The number of hydrogen-bond donors (Lipinski definition) is 2. The molecular formula is C17H14N4O4S2. The molecule has 3 heterocycles. The van der Waals surface area contributed by atoms with Gasteiger partial charge in [-0.05, 0) is 25.1 Å². The number of thiophene rings is 1. The van der Waals surface area contributed by atoms with Crippen molar-refractivity contribution in [3.63, 3.8) is 0 Å². The lowest BCUT2D eigenvalue weighted by Crippen LogP contribution is -2.26. The Morgan fingerprint density at radius 3 is 2.85 bits per heavy atom. The molecule has 0 bridgehead atoms. The third-order valence-corrected chi connectivity index (χ3v) is 6.66. The molecule has 4 aromatic rings. The number of para-hydroxylation sites is 1. The van der Waals surface area contributed by atoms with Crippen LogP contribution in [0, 0.1) is 6.92 Å². The number of H-pyrrole nitrogens is 1. The molecule has 138 valence electrons. The molecule has 8 nitrogen and oxygen atoms in total. The normalized spacial score (nSPS) is 11.9. The fourth-order valence-corrected chi connectivity index (χ4v) is 5.19. The molecule has 0 spiro atoms. The van der Waals surface area contributed by atoms with Crippen LogP contribution in [0.15, 0.2) is 56.8 Å². The van der Waals surface area contributed by atoms with Gasteiger partial charge in [-0.15, -0.1) is 11.3 Å². The summed E-state index contributed by atoms with van der Waals surface area (Å²) in [5.74, 6) is 0.746. The third kappa shape index (κ3) is 3.42. The number of nitrogens with zero attached hydrogens (tertiary/aromatic N) is 2. The van der Waals surface area contributed by atoms with Gasteiger partial charge in [0.1, 0.15) is 5.82 Å². The fourth-order valence-electron chi connectivity index (χ4n) is 2.66. The predicted octanol–water partition coefficient (Wildman–Crippen LogP) is 2.43. The zero-order valence-electron chi connectivity index (χ0n) is 14.1. The Bertz CT molecular complexity index is 1270. The van der Waals surface area contributed by atoms with E-state index in [4.69, 9.17) is 4.52 Å². The van der Waals surface area contributed by atoms with Crippen LogP contribution in [0.3, 0.4) is 0 Å². The van der Waals surface area contributed by atoms with Gasteiger partial charge in [0.2, 0.25) is 10.0 Å². The number of fused-ring (bicyclic) bond motifs is 1. The minimum Gasteiger partial charge on any atom is -0.355 e. The smallest absolute Gasteiger partial charge is 0.258 e. The van der Waals surface area contributed by atoms with Crippen LogP contribution in [-0.4, -0.2) is 23.5 Å². The number of sulfonamides is 1. The van der Waals surface area contributed by atoms with Crippen molar-refractivity contribution in [1.82, 2.24) is 19.8 Å². The minimum absolute atomic E-state index is 0.130. The highest BCUT2D eigenvalue weighted by Gasteiger charge is 2.21. The molecule has 0 amide bonds. The first-order valence-electron chi connectivity index (χ1n) is 7.93. The monoisotopic (exact) mass is 402 g/mol. The van der Waals surface area contributed by atoms with E-state index in [9.17, 15) is 13.2 Å². The van der Waals surface area contributed by atoms with Crippen molar-refractivity contribution >= 4 is 32.3 Å². The Hall–Kier alpha value is -2.82. The average molecular weight is 402 g/mol. The summed E-state index contributed by atoms with van der Waals surface area (Å²) in [5.41, 5.74) is 0.198. The summed E-state index contributed by atoms with van der Waals surface area (Å²) in [6.45, 7) is 1.59. The first kappa shape index (κ1) is 17.6. The second kappa shape index (κ2) is 6.72. The lowest BCUT2D eigenvalue weighted by molar-refractivity contribution is 0.433. The molecule has 0 saturated heterocycles. The molecule has 10 heteroatoms. The zero-order chi connectivity index (χ0) is 19.0. The Labute approximate surface area is 157 Å². The van der Waals surface area contributed by atoms with Gasteiger partial charge >= 0.3 is 0 Å². The van der Waals surface area contributed by atoms with E-state index in [1.807, 2.05) is 0 Å². The largest absolute Gasteiger partial charge is 0.355 e. The van der Waals surface area contributed by atoms with E-state index in [0.29, 0.717) is 26.4 Å². The number of nitrogens with one attached hydrogen (secondary N) is 2. The summed E-state index contributed by atoms with van der Waals surface area (Å²) in [6.07, 6.45) is 1.50.